The molecular formula is C25H20Cl2N2O5. The summed E-state index contributed by atoms with van der Waals surface area (Å²) in [6.45, 7) is 0. The average molecular weight is 499 g/mol. The highest BCUT2D eigenvalue weighted by Crippen LogP contribution is 2.51. The molecule has 0 N–H and O–H groups in total. The van der Waals surface area contributed by atoms with Crippen LogP contribution in [0.1, 0.15) is 11.6 Å². The number of halogens is 2. The number of hydrogen-bond acceptors (Lipinski definition) is 6. The first-order valence-electron chi connectivity index (χ1n) is 10.5. The number of benzene rings is 3. The van der Waals surface area contributed by atoms with Gasteiger partial charge in [0.15, 0.2) is 6.10 Å². The summed E-state index contributed by atoms with van der Waals surface area (Å²) in [6.07, 6.45) is -1.07. The third-order valence-corrected chi connectivity index (χ3v) is 6.65. The molecule has 3 aromatic carbocycles. The van der Waals surface area contributed by atoms with Crippen LogP contribution in [0.25, 0.3) is 0 Å². The number of hydroxylamine groups is 1. The van der Waals surface area contributed by atoms with Crippen LogP contribution in [0.4, 0.5) is 11.4 Å². The number of carbonyl (C=O) groups excluding carboxylic acids is 2. The summed E-state index contributed by atoms with van der Waals surface area (Å²) in [7, 11) is 3.10. The van der Waals surface area contributed by atoms with Crippen molar-refractivity contribution in [3.8, 4) is 11.5 Å². The van der Waals surface area contributed by atoms with Crippen molar-refractivity contribution in [1.82, 2.24) is 0 Å². The number of para-hydroxylation sites is 2. The minimum absolute atomic E-state index is 0.154. The van der Waals surface area contributed by atoms with Crippen molar-refractivity contribution < 1.29 is 23.9 Å². The lowest BCUT2D eigenvalue weighted by molar-refractivity contribution is -0.126. The van der Waals surface area contributed by atoms with E-state index in [0.717, 1.165) is 4.90 Å². The van der Waals surface area contributed by atoms with Crippen molar-refractivity contribution in [1.29, 1.82) is 0 Å². The van der Waals surface area contributed by atoms with E-state index in [1.54, 1.807) is 55.7 Å². The largest absolute Gasteiger partial charge is 0.497 e. The number of ether oxygens (including phenoxy) is 2. The third-order valence-electron chi connectivity index (χ3n) is 6.04. The number of hydrogen-bond donors (Lipinski definition) is 0. The molecule has 2 aliphatic heterocycles. The molecule has 0 unspecified atom stereocenters. The molecule has 2 saturated heterocycles. The Morgan fingerprint density at radius 2 is 1.56 bits per heavy atom. The van der Waals surface area contributed by atoms with Gasteiger partial charge in [0, 0.05) is 5.56 Å². The van der Waals surface area contributed by atoms with Gasteiger partial charge in [-0.3, -0.25) is 14.4 Å². The molecule has 0 aliphatic carbocycles. The summed E-state index contributed by atoms with van der Waals surface area (Å²) in [4.78, 5) is 34.5. The summed E-state index contributed by atoms with van der Waals surface area (Å²) in [5.74, 6) is -0.754. The molecule has 3 aromatic rings. The summed E-state index contributed by atoms with van der Waals surface area (Å²) in [5, 5.41) is 1.99. The maximum atomic E-state index is 13.8. The van der Waals surface area contributed by atoms with Gasteiger partial charge >= 0.3 is 0 Å². The molecule has 5 rings (SSSR count). The van der Waals surface area contributed by atoms with Crippen molar-refractivity contribution in [2.45, 2.75) is 12.1 Å². The van der Waals surface area contributed by atoms with Gasteiger partial charge in [0.2, 0.25) is 5.91 Å². The second-order valence-electron chi connectivity index (χ2n) is 7.85. The number of nitrogens with zero attached hydrogens (tertiary/aromatic N) is 2. The van der Waals surface area contributed by atoms with E-state index >= 15 is 0 Å². The summed E-state index contributed by atoms with van der Waals surface area (Å²) in [6, 6.07) is 18.7. The Balaban J connectivity index is 1.66. The van der Waals surface area contributed by atoms with Crippen LogP contribution in [0.15, 0.2) is 66.7 Å². The maximum Gasteiger partial charge on any atom is 0.266 e. The zero-order valence-electron chi connectivity index (χ0n) is 18.3. The third kappa shape index (κ3) is 3.48. The van der Waals surface area contributed by atoms with Crippen molar-refractivity contribution in [3.05, 3.63) is 82.3 Å². The van der Waals surface area contributed by atoms with Crippen molar-refractivity contribution in [2.75, 3.05) is 24.2 Å². The topological polar surface area (TPSA) is 68.3 Å². The van der Waals surface area contributed by atoms with Crippen LogP contribution in [0, 0.1) is 5.92 Å². The molecule has 2 heterocycles. The van der Waals surface area contributed by atoms with Crippen molar-refractivity contribution in [2.24, 2.45) is 5.92 Å². The number of imide groups is 1. The van der Waals surface area contributed by atoms with Gasteiger partial charge in [0.05, 0.1) is 35.6 Å². The smallest absolute Gasteiger partial charge is 0.266 e. The van der Waals surface area contributed by atoms with Crippen LogP contribution in [0.3, 0.4) is 0 Å². The van der Waals surface area contributed by atoms with E-state index in [-0.39, 0.29) is 15.7 Å². The zero-order valence-corrected chi connectivity index (χ0v) is 19.8. The van der Waals surface area contributed by atoms with Gasteiger partial charge in [-0.05, 0) is 42.5 Å². The molecule has 2 fully saturated rings. The summed E-state index contributed by atoms with van der Waals surface area (Å²) < 4.78 is 11.0. The molecule has 9 heteroatoms. The van der Waals surface area contributed by atoms with Gasteiger partial charge in [-0.25, -0.2) is 9.96 Å². The second-order valence-corrected chi connectivity index (χ2v) is 8.66. The molecule has 0 bridgehead atoms. The fourth-order valence-corrected chi connectivity index (χ4v) is 5.09. The molecule has 0 saturated carbocycles. The number of carbonyl (C=O) groups is 2. The first-order valence-corrected chi connectivity index (χ1v) is 11.3. The average Bonchev–Trinajstić information content (AvgIpc) is 3.36. The van der Waals surface area contributed by atoms with Crippen molar-refractivity contribution in [3.63, 3.8) is 0 Å². The first kappa shape index (κ1) is 22.5. The lowest BCUT2D eigenvalue weighted by Gasteiger charge is -2.30. The van der Waals surface area contributed by atoms with Crippen LogP contribution in [0.5, 0.6) is 11.5 Å². The molecule has 34 heavy (non-hydrogen) atoms. The molecule has 3 atom stereocenters. The predicted molar refractivity (Wildman–Crippen MR) is 129 cm³/mol. The number of amides is 2. The lowest BCUT2D eigenvalue weighted by atomic mass is 9.89. The number of anilines is 2. The van der Waals surface area contributed by atoms with Gasteiger partial charge in [0.1, 0.15) is 23.5 Å². The van der Waals surface area contributed by atoms with Crippen LogP contribution in [0.2, 0.25) is 10.0 Å². The van der Waals surface area contributed by atoms with Gasteiger partial charge in [-0.15, -0.1) is 0 Å². The molecule has 2 amide bonds. The van der Waals surface area contributed by atoms with Gasteiger partial charge < -0.3 is 9.47 Å². The molecule has 0 aromatic heterocycles. The molecular weight excluding hydrogens is 479 g/mol. The Labute approximate surface area is 206 Å². The molecule has 174 valence electrons. The molecule has 2 aliphatic rings. The van der Waals surface area contributed by atoms with Crippen LogP contribution in [-0.2, 0) is 14.4 Å². The van der Waals surface area contributed by atoms with Crippen molar-refractivity contribution >= 4 is 46.4 Å². The quantitative estimate of drug-likeness (QED) is 0.458. The van der Waals surface area contributed by atoms with Crippen LogP contribution < -0.4 is 19.4 Å². The Morgan fingerprint density at radius 3 is 2.21 bits per heavy atom. The van der Waals surface area contributed by atoms with E-state index < -0.39 is 29.9 Å². The summed E-state index contributed by atoms with van der Waals surface area (Å²) in [5.41, 5.74) is 1.49. The Hall–Kier alpha value is -3.26. The van der Waals surface area contributed by atoms with Crippen LogP contribution in [-0.4, -0.2) is 32.1 Å². The van der Waals surface area contributed by atoms with E-state index in [2.05, 4.69) is 0 Å². The van der Waals surface area contributed by atoms with E-state index in [1.807, 2.05) is 30.3 Å². The Morgan fingerprint density at radius 1 is 0.853 bits per heavy atom. The van der Waals surface area contributed by atoms with E-state index in [0.29, 0.717) is 22.7 Å². The van der Waals surface area contributed by atoms with Crippen LogP contribution >= 0.6 is 23.2 Å². The normalized spacial score (nSPS) is 21.7. The zero-order chi connectivity index (χ0) is 24.0. The SMILES string of the molecule is COc1ccc(OC)c([C@H]2[C@H]3C(=O)N(c4c(Cl)cccc4Cl)C(=O)[C@H]3ON2c2ccccc2)c1. The molecule has 0 radical (unpaired) electrons. The predicted octanol–water partition coefficient (Wildman–Crippen LogP) is 5.06. The van der Waals surface area contributed by atoms with Gasteiger partial charge in [-0.2, -0.15) is 0 Å². The van der Waals surface area contributed by atoms with E-state index in [1.165, 1.54) is 0 Å². The highest BCUT2D eigenvalue weighted by atomic mass is 35.5. The standard InChI is InChI=1S/C25H20Cl2N2O5/c1-32-15-11-12-19(33-2)16(13-15)21-20-23(34-29(21)14-7-4-3-5-8-14)25(31)28(24(20)30)22-17(26)9-6-10-18(22)27/h3-13,20-21,23H,1-2H3/t20-,21+,23+/m1/s1. The highest BCUT2D eigenvalue weighted by molar-refractivity contribution is 6.42. The monoisotopic (exact) mass is 498 g/mol. The Kier molecular flexibility index (Phi) is 5.85. The second kappa shape index (κ2) is 8.83. The van der Waals surface area contributed by atoms with Gasteiger partial charge in [-0.1, -0.05) is 47.5 Å². The summed E-state index contributed by atoms with van der Waals surface area (Å²) >= 11 is 12.7. The van der Waals surface area contributed by atoms with E-state index in [4.69, 9.17) is 37.5 Å². The highest BCUT2D eigenvalue weighted by Gasteiger charge is 2.61. The first-order chi connectivity index (χ1) is 16.5. The van der Waals surface area contributed by atoms with Gasteiger partial charge in [0.25, 0.3) is 5.91 Å². The minimum atomic E-state index is -1.07. The Bertz CT molecular complexity index is 1250. The fourth-order valence-electron chi connectivity index (χ4n) is 4.52. The minimum Gasteiger partial charge on any atom is -0.497 e. The number of fused-ring (bicyclic) bond motifs is 1. The number of methoxy groups -OCH3 is 2. The fraction of sp³-hybridized carbons (Fsp3) is 0.200. The lowest BCUT2D eigenvalue weighted by Crippen LogP contribution is -2.37. The maximum absolute atomic E-state index is 13.8. The molecule has 0 spiro atoms. The number of rotatable bonds is 5. The molecule has 7 nitrogen and oxygen atoms in total. The van der Waals surface area contributed by atoms with E-state index in [9.17, 15) is 9.59 Å².